The third-order valence-corrected chi connectivity index (χ3v) is 4.32. The van der Waals surface area contributed by atoms with Crippen molar-refractivity contribution in [3.63, 3.8) is 0 Å². The Balaban J connectivity index is 1.63. The van der Waals surface area contributed by atoms with E-state index in [1.54, 1.807) is 0 Å². The molecule has 1 aliphatic carbocycles. The summed E-state index contributed by atoms with van der Waals surface area (Å²) in [4.78, 5) is 0. The molecule has 0 saturated heterocycles. The lowest BCUT2D eigenvalue weighted by molar-refractivity contribution is 0.122. The van der Waals surface area contributed by atoms with Crippen LogP contribution in [0, 0.1) is 0 Å². The van der Waals surface area contributed by atoms with Crippen molar-refractivity contribution in [1.82, 2.24) is 5.32 Å². The van der Waals surface area contributed by atoms with E-state index in [9.17, 15) is 10.2 Å². The first-order chi connectivity index (χ1) is 9.72. The number of hydrogen-bond acceptors (Lipinski definition) is 5. The molecule has 1 aromatic carbocycles. The zero-order chi connectivity index (χ0) is 14.0. The normalized spacial score (nSPS) is 21.1. The third kappa shape index (κ3) is 2.61. The molecule has 1 heterocycles. The molecule has 110 valence electrons. The standard InChI is InChI=1S/C15H21NO4/c17-9-15(5-1-2-6-15)16-8-12(18)11-3-4-13-14(7-11)20-10-19-13/h3-4,7,12,16-18H,1-2,5-6,8-10H2. The number of rotatable bonds is 5. The largest absolute Gasteiger partial charge is 0.454 e. The molecule has 3 rings (SSSR count). The summed E-state index contributed by atoms with van der Waals surface area (Å²) in [6, 6.07) is 5.48. The molecule has 3 N–H and O–H groups in total. The Hall–Kier alpha value is -1.30. The van der Waals surface area contributed by atoms with Crippen LogP contribution in [0.25, 0.3) is 0 Å². The van der Waals surface area contributed by atoms with Crippen LogP contribution in [0.3, 0.4) is 0 Å². The SMILES string of the molecule is OCC1(NCC(O)c2ccc3c(c2)OCO3)CCCC1. The van der Waals surface area contributed by atoms with Gasteiger partial charge in [-0.15, -0.1) is 0 Å². The van der Waals surface area contributed by atoms with E-state index in [2.05, 4.69) is 5.32 Å². The molecule has 1 atom stereocenters. The summed E-state index contributed by atoms with van der Waals surface area (Å²) in [6.45, 7) is 0.793. The highest BCUT2D eigenvalue weighted by atomic mass is 16.7. The van der Waals surface area contributed by atoms with Crippen molar-refractivity contribution in [2.75, 3.05) is 19.9 Å². The van der Waals surface area contributed by atoms with Gasteiger partial charge in [0.05, 0.1) is 12.7 Å². The minimum Gasteiger partial charge on any atom is -0.454 e. The monoisotopic (exact) mass is 279 g/mol. The summed E-state index contributed by atoms with van der Waals surface area (Å²) in [7, 11) is 0. The second-order valence-electron chi connectivity index (χ2n) is 5.65. The van der Waals surface area contributed by atoms with Crippen LogP contribution < -0.4 is 14.8 Å². The van der Waals surface area contributed by atoms with E-state index in [-0.39, 0.29) is 18.9 Å². The maximum Gasteiger partial charge on any atom is 0.231 e. The minimum atomic E-state index is -0.617. The molecule has 20 heavy (non-hydrogen) atoms. The predicted octanol–water partition coefficient (Wildman–Crippen LogP) is 1.34. The average molecular weight is 279 g/mol. The van der Waals surface area contributed by atoms with Crippen molar-refractivity contribution < 1.29 is 19.7 Å². The number of fused-ring (bicyclic) bond motifs is 1. The molecule has 1 unspecified atom stereocenters. The first-order valence-electron chi connectivity index (χ1n) is 7.16. The van der Waals surface area contributed by atoms with Gasteiger partial charge in [0.2, 0.25) is 6.79 Å². The van der Waals surface area contributed by atoms with Crippen molar-refractivity contribution in [3.8, 4) is 11.5 Å². The van der Waals surface area contributed by atoms with Gasteiger partial charge >= 0.3 is 0 Å². The Morgan fingerprint density at radius 3 is 2.70 bits per heavy atom. The van der Waals surface area contributed by atoms with Gasteiger partial charge in [-0.05, 0) is 30.5 Å². The van der Waals surface area contributed by atoms with E-state index in [0.717, 1.165) is 37.0 Å². The zero-order valence-corrected chi connectivity index (χ0v) is 11.5. The van der Waals surface area contributed by atoms with E-state index >= 15 is 0 Å². The van der Waals surface area contributed by atoms with Crippen LogP contribution in [-0.2, 0) is 0 Å². The van der Waals surface area contributed by atoms with Crippen LogP contribution >= 0.6 is 0 Å². The zero-order valence-electron chi connectivity index (χ0n) is 11.5. The van der Waals surface area contributed by atoms with Crippen LogP contribution in [0.2, 0.25) is 0 Å². The fourth-order valence-corrected chi connectivity index (χ4v) is 2.99. The number of nitrogens with one attached hydrogen (secondary N) is 1. The first-order valence-corrected chi connectivity index (χ1v) is 7.16. The highest BCUT2D eigenvalue weighted by Crippen LogP contribution is 2.34. The van der Waals surface area contributed by atoms with Crippen LogP contribution in [0.1, 0.15) is 37.4 Å². The Bertz CT molecular complexity index is 471. The van der Waals surface area contributed by atoms with Gasteiger partial charge in [-0.1, -0.05) is 18.9 Å². The Morgan fingerprint density at radius 2 is 1.95 bits per heavy atom. The summed E-state index contributed by atoms with van der Waals surface area (Å²) in [5.74, 6) is 1.40. The van der Waals surface area contributed by atoms with Gasteiger partial charge in [0, 0.05) is 12.1 Å². The first kappa shape index (κ1) is 13.7. The van der Waals surface area contributed by atoms with Gasteiger partial charge < -0.3 is 25.0 Å². The van der Waals surface area contributed by atoms with E-state index in [4.69, 9.17) is 9.47 Å². The van der Waals surface area contributed by atoms with E-state index in [1.807, 2.05) is 18.2 Å². The molecule has 1 saturated carbocycles. The lowest BCUT2D eigenvalue weighted by Crippen LogP contribution is -2.47. The van der Waals surface area contributed by atoms with E-state index in [0.29, 0.717) is 12.3 Å². The van der Waals surface area contributed by atoms with Crippen molar-refractivity contribution in [2.24, 2.45) is 0 Å². The fraction of sp³-hybridized carbons (Fsp3) is 0.600. The summed E-state index contributed by atoms with van der Waals surface area (Å²) in [5.41, 5.74) is 0.588. The molecule has 0 amide bonds. The maximum atomic E-state index is 10.3. The number of hydrogen-bond donors (Lipinski definition) is 3. The Kier molecular flexibility index (Phi) is 3.83. The van der Waals surface area contributed by atoms with Gasteiger partial charge in [0.1, 0.15) is 0 Å². The number of aliphatic hydroxyl groups excluding tert-OH is 2. The molecular formula is C15H21NO4. The molecule has 0 bridgehead atoms. The Morgan fingerprint density at radius 1 is 1.20 bits per heavy atom. The second kappa shape index (κ2) is 5.60. The lowest BCUT2D eigenvalue weighted by Gasteiger charge is -2.29. The molecule has 1 aromatic rings. The van der Waals surface area contributed by atoms with E-state index < -0.39 is 6.10 Å². The molecule has 0 aromatic heterocycles. The predicted molar refractivity (Wildman–Crippen MR) is 73.8 cm³/mol. The van der Waals surface area contributed by atoms with Crippen LogP contribution in [0.4, 0.5) is 0 Å². The number of ether oxygens (including phenoxy) is 2. The summed E-state index contributed by atoms with van der Waals surface area (Å²) in [5, 5.41) is 23.2. The van der Waals surface area contributed by atoms with Crippen molar-refractivity contribution in [3.05, 3.63) is 23.8 Å². The maximum absolute atomic E-state index is 10.3. The number of benzene rings is 1. The average Bonchev–Trinajstić information content (AvgIpc) is 3.13. The number of aliphatic hydroxyl groups is 2. The van der Waals surface area contributed by atoms with Crippen LogP contribution in [0.5, 0.6) is 11.5 Å². The summed E-state index contributed by atoms with van der Waals surface area (Å²) < 4.78 is 10.6. The topological polar surface area (TPSA) is 71.0 Å². The highest BCUT2D eigenvalue weighted by molar-refractivity contribution is 5.45. The van der Waals surface area contributed by atoms with Crippen LogP contribution in [-0.4, -0.2) is 35.7 Å². The van der Waals surface area contributed by atoms with Crippen molar-refractivity contribution >= 4 is 0 Å². The number of β-amino-alcohol motifs (C(OH)–C–C–N with tert-alkyl or cyclic N) is 1. The van der Waals surface area contributed by atoms with Crippen molar-refractivity contribution in [2.45, 2.75) is 37.3 Å². The van der Waals surface area contributed by atoms with Crippen LogP contribution in [0.15, 0.2) is 18.2 Å². The third-order valence-electron chi connectivity index (χ3n) is 4.32. The molecule has 0 radical (unpaired) electrons. The second-order valence-corrected chi connectivity index (χ2v) is 5.65. The highest BCUT2D eigenvalue weighted by Gasteiger charge is 2.33. The molecular weight excluding hydrogens is 258 g/mol. The molecule has 0 spiro atoms. The molecule has 5 heteroatoms. The summed E-state index contributed by atoms with van der Waals surface area (Å²) in [6.07, 6.45) is 3.59. The molecule has 5 nitrogen and oxygen atoms in total. The van der Waals surface area contributed by atoms with Gasteiger partial charge in [-0.3, -0.25) is 0 Å². The van der Waals surface area contributed by atoms with E-state index in [1.165, 1.54) is 0 Å². The lowest BCUT2D eigenvalue weighted by atomic mass is 9.98. The van der Waals surface area contributed by atoms with Gasteiger partial charge in [0.15, 0.2) is 11.5 Å². The quantitative estimate of drug-likeness (QED) is 0.759. The van der Waals surface area contributed by atoms with Crippen molar-refractivity contribution in [1.29, 1.82) is 0 Å². The smallest absolute Gasteiger partial charge is 0.231 e. The Labute approximate surface area is 118 Å². The minimum absolute atomic E-state index is 0.126. The molecule has 1 aliphatic heterocycles. The van der Waals surface area contributed by atoms with Gasteiger partial charge in [-0.25, -0.2) is 0 Å². The van der Waals surface area contributed by atoms with Gasteiger partial charge in [0.25, 0.3) is 0 Å². The summed E-state index contributed by atoms with van der Waals surface area (Å²) >= 11 is 0. The molecule has 1 fully saturated rings. The molecule has 2 aliphatic rings. The fourth-order valence-electron chi connectivity index (χ4n) is 2.99. The van der Waals surface area contributed by atoms with Gasteiger partial charge in [-0.2, -0.15) is 0 Å².